The van der Waals surface area contributed by atoms with Crippen molar-refractivity contribution in [2.75, 3.05) is 32.8 Å². The molecule has 1 N–H and O–H groups in total. The zero-order valence-electron chi connectivity index (χ0n) is 11.3. The predicted molar refractivity (Wildman–Crippen MR) is 69.5 cm³/mol. The molecule has 2 heterocycles. The Bertz CT molecular complexity index is 375. The van der Waals surface area contributed by atoms with Crippen LogP contribution in [-0.4, -0.2) is 64.7 Å². The molecule has 0 spiro atoms. The summed E-state index contributed by atoms with van der Waals surface area (Å²) in [5.74, 6) is 0.157. The van der Waals surface area contributed by atoms with Gasteiger partial charge < -0.3 is 15.0 Å². The van der Waals surface area contributed by atoms with Gasteiger partial charge in [0.2, 0.25) is 5.91 Å². The molecule has 1 unspecified atom stereocenters. The van der Waals surface area contributed by atoms with E-state index in [4.69, 9.17) is 4.74 Å². The number of ether oxygens (including phenoxy) is 1. The van der Waals surface area contributed by atoms with Crippen LogP contribution in [0.25, 0.3) is 0 Å². The molecule has 7 nitrogen and oxygen atoms in total. The first-order valence-electron chi connectivity index (χ1n) is 6.71. The molecule has 1 aromatic heterocycles. The molecule has 2 rings (SSSR count). The summed E-state index contributed by atoms with van der Waals surface area (Å²) in [6.45, 7) is 6.19. The summed E-state index contributed by atoms with van der Waals surface area (Å²) < 4.78 is 7.03. The standard InChI is InChI=1S/C12H21N5O2/c1-11(12(18)16-7-9-19-10-8-16)13-3-2-5-17-6-4-14-15-17/h4,6,11,13H,2-3,5,7-10H2,1H3. The van der Waals surface area contributed by atoms with Gasteiger partial charge in [-0.25, -0.2) is 0 Å². The van der Waals surface area contributed by atoms with E-state index >= 15 is 0 Å². The molecule has 1 aliphatic heterocycles. The molecule has 19 heavy (non-hydrogen) atoms. The van der Waals surface area contributed by atoms with Crippen LogP contribution in [0.4, 0.5) is 0 Å². The van der Waals surface area contributed by atoms with E-state index in [-0.39, 0.29) is 11.9 Å². The molecule has 1 fully saturated rings. The smallest absolute Gasteiger partial charge is 0.239 e. The summed E-state index contributed by atoms with van der Waals surface area (Å²) >= 11 is 0. The average molecular weight is 267 g/mol. The summed E-state index contributed by atoms with van der Waals surface area (Å²) in [6.07, 6.45) is 4.42. The molecule has 0 bridgehead atoms. The maximum absolute atomic E-state index is 12.1. The number of nitrogens with zero attached hydrogens (tertiary/aromatic N) is 4. The molecule has 0 aliphatic carbocycles. The maximum atomic E-state index is 12.1. The highest BCUT2D eigenvalue weighted by molar-refractivity contribution is 5.81. The minimum absolute atomic E-state index is 0.145. The van der Waals surface area contributed by atoms with Crippen molar-refractivity contribution < 1.29 is 9.53 Å². The first-order chi connectivity index (χ1) is 9.27. The van der Waals surface area contributed by atoms with Crippen molar-refractivity contribution in [3.8, 4) is 0 Å². The van der Waals surface area contributed by atoms with E-state index in [0.717, 1.165) is 19.5 Å². The summed E-state index contributed by atoms with van der Waals surface area (Å²) in [5.41, 5.74) is 0. The first-order valence-corrected chi connectivity index (χ1v) is 6.71. The number of aromatic nitrogens is 3. The molecule has 1 aromatic rings. The van der Waals surface area contributed by atoms with Gasteiger partial charge in [-0.05, 0) is 19.9 Å². The molecule has 0 saturated carbocycles. The van der Waals surface area contributed by atoms with Crippen LogP contribution in [0.3, 0.4) is 0 Å². The third kappa shape index (κ3) is 4.29. The fourth-order valence-electron chi connectivity index (χ4n) is 2.06. The van der Waals surface area contributed by atoms with E-state index in [1.54, 1.807) is 10.9 Å². The molecule has 1 aliphatic rings. The fourth-order valence-corrected chi connectivity index (χ4v) is 2.06. The van der Waals surface area contributed by atoms with Crippen LogP contribution in [0.2, 0.25) is 0 Å². The maximum Gasteiger partial charge on any atom is 0.239 e. The number of aryl methyl sites for hydroxylation is 1. The Hall–Kier alpha value is -1.47. The first kappa shape index (κ1) is 14.0. The van der Waals surface area contributed by atoms with Gasteiger partial charge in [0.15, 0.2) is 0 Å². The minimum atomic E-state index is -0.145. The SMILES string of the molecule is CC(NCCCn1ccnn1)C(=O)N1CCOCC1. The van der Waals surface area contributed by atoms with Gasteiger partial charge in [-0.2, -0.15) is 0 Å². The lowest BCUT2D eigenvalue weighted by atomic mass is 10.2. The van der Waals surface area contributed by atoms with Gasteiger partial charge in [0.05, 0.1) is 25.5 Å². The third-order valence-corrected chi connectivity index (χ3v) is 3.18. The Morgan fingerprint density at radius 3 is 2.95 bits per heavy atom. The van der Waals surface area contributed by atoms with E-state index in [1.165, 1.54) is 0 Å². The summed E-state index contributed by atoms with van der Waals surface area (Å²) in [6, 6.07) is -0.145. The van der Waals surface area contributed by atoms with Crippen molar-refractivity contribution in [2.24, 2.45) is 0 Å². The molecule has 106 valence electrons. The van der Waals surface area contributed by atoms with Crippen molar-refractivity contribution in [1.82, 2.24) is 25.2 Å². The normalized spacial score (nSPS) is 17.4. The molecule has 7 heteroatoms. The van der Waals surface area contributed by atoms with Crippen LogP contribution in [-0.2, 0) is 16.1 Å². The van der Waals surface area contributed by atoms with E-state index in [0.29, 0.717) is 26.3 Å². The molecule has 0 radical (unpaired) electrons. The van der Waals surface area contributed by atoms with Crippen LogP contribution < -0.4 is 5.32 Å². The van der Waals surface area contributed by atoms with E-state index in [9.17, 15) is 4.79 Å². The highest BCUT2D eigenvalue weighted by Crippen LogP contribution is 2.00. The molecular formula is C12H21N5O2. The molecular weight excluding hydrogens is 246 g/mol. The number of nitrogens with one attached hydrogen (secondary N) is 1. The number of hydrogen-bond donors (Lipinski definition) is 1. The number of rotatable bonds is 6. The topological polar surface area (TPSA) is 72.3 Å². The predicted octanol–water partition coefficient (Wildman–Crippen LogP) is -0.495. The molecule has 1 atom stereocenters. The highest BCUT2D eigenvalue weighted by Gasteiger charge is 2.21. The average Bonchev–Trinajstić information content (AvgIpc) is 2.96. The molecule has 1 amide bonds. The van der Waals surface area contributed by atoms with Crippen molar-refractivity contribution in [2.45, 2.75) is 25.9 Å². The Morgan fingerprint density at radius 2 is 2.26 bits per heavy atom. The number of amides is 1. The largest absolute Gasteiger partial charge is 0.378 e. The van der Waals surface area contributed by atoms with Gasteiger partial charge in [-0.3, -0.25) is 9.48 Å². The lowest BCUT2D eigenvalue weighted by molar-refractivity contribution is -0.137. The van der Waals surface area contributed by atoms with Crippen LogP contribution >= 0.6 is 0 Å². The summed E-state index contributed by atoms with van der Waals surface area (Å²) in [7, 11) is 0. The zero-order valence-corrected chi connectivity index (χ0v) is 11.3. The van der Waals surface area contributed by atoms with Gasteiger partial charge in [-0.15, -0.1) is 5.10 Å². The third-order valence-electron chi connectivity index (χ3n) is 3.18. The molecule has 1 saturated heterocycles. The Labute approximate surface area is 112 Å². The fraction of sp³-hybridized carbons (Fsp3) is 0.750. The number of hydrogen-bond acceptors (Lipinski definition) is 5. The minimum Gasteiger partial charge on any atom is -0.378 e. The monoisotopic (exact) mass is 267 g/mol. The quantitative estimate of drug-likeness (QED) is 0.704. The summed E-state index contributed by atoms with van der Waals surface area (Å²) in [5, 5.41) is 10.9. The van der Waals surface area contributed by atoms with Crippen LogP contribution in [0, 0.1) is 0 Å². The second kappa shape index (κ2) is 7.20. The van der Waals surface area contributed by atoms with Crippen molar-refractivity contribution in [3.05, 3.63) is 12.4 Å². The second-order valence-electron chi connectivity index (χ2n) is 4.63. The zero-order chi connectivity index (χ0) is 13.5. The van der Waals surface area contributed by atoms with Gasteiger partial charge in [0.25, 0.3) is 0 Å². The van der Waals surface area contributed by atoms with Crippen LogP contribution in [0.15, 0.2) is 12.4 Å². The van der Waals surface area contributed by atoms with Gasteiger partial charge in [0.1, 0.15) is 0 Å². The van der Waals surface area contributed by atoms with Crippen LogP contribution in [0.5, 0.6) is 0 Å². The highest BCUT2D eigenvalue weighted by atomic mass is 16.5. The van der Waals surface area contributed by atoms with Crippen molar-refractivity contribution >= 4 is 5.91 Å². The Morgan fingerprint density at radius 1 is 1.47 bits per heavy atom. The van der Waals surface area contributed by atoms with Gasteiger partial charge in [-0.1, -0.05) is 5.21 Å². The number of morpholine rings is 1. The second-order valence-corrected chi connectivity index (χ2v) is 4.63. The van der Waals surface area contributed by atoms with Gasteiger partial charge in [0, 0.05) is 25.8 Å². The molecule has 0 aromatic carbocycles. The van der Waals surface area contributed by atoms with Crippen molar-refractivity contribution in [1.29, 1.82) is 0 Å². The van der Waals surface area contributed by atoms with Crippen molar-refractivity contribution in [3.63, 3.8) is 0 Å². The van der Waals surface area contributed by atoms with Gasteiger partial charge >= 0.3 is 0 Å². The number of carbonyl (C=O) groups is 1. The van der Waals surface area contributed by atoms with E-state index in [1.807, 2.05) is 18.0 Å². The number of carbonyl (C=O) groups excluding carboxylic acids is 1. The van der Waals surface area contributed by atoms with Crippen LogP contribution in [0.1, 0.15) is 13.3 Å². The Kier molecular flexibility index (Phi) is 5.29. The lowest BCUT2D eigenvalue weighted by Gasteiger charge is -2.29. The lowest BCUT2D eigenvalue weighted by Crippen LogP contribution is -2.49. The van der Waals surface area contributed by atoms with E-state index in [2.05, 4.69) is 15.6 Å². The summed E-state index contributed by atoms with van der Waals surface area (Å²) in [4.78, 5) is 14.0. The van der Waals surface area contributed by atoms with E-state index < -0.39 is 0 Å². The Balaban J connectivity index is 1.63.